The van der Waals surface area contributed by atoms with Crippen molar-refractivity contribution in [2.75, 3.05) is 0 Å². The standard InChI is InChI=1S/C8H7ClN2O/c9-6-1-2-11-4-7(5-12)10-8(11)3-6/h1-4,12H,5H2. The van der Waals surface area contributed by atoms with Crippen LogP contribution in [0.5, 0.6) is 0 Å². The van der Waals surface area contributed by atoms with E-state index in [4.69, 9.17) is 16.7 Å². The fourth-order valence-electron chi connectivity index (χ4n) is 1.09. The number of aliphatic hydroxyl groups excluding tert-OH is 1. The van der Waals surface area contributed by atoms with E-state index in [1.54, 1.807) is 18.3 Å². The van der Waals surface area contributed by atoms with Gasteiger partial charge in [0.15, 0.2) is 0 Å². The molecule has 0 unspecified atom stereocenters. The Morgan fingerprint density at radius 1 is 1.58 bits per heavy atom. The second kappa shape index (κ2) is 2.77. The van der Waals surface area contributed by atoms with Crippen LogP contribution in [0.1, 0.15) is 5.69 Å². The smallest absolute Gasteiger partial charge is 0.138 e. The van der Waals surface area contributed by atoms with Crippen LogP contribution in [0.4, 0.5) is 0 Å². The van der Waals surface area contributed by atoms with Crippen molar-refractivity contribution in [3.05, 3.63) is 35.2 Å². The number of rotatable bonds is 1. The van der Waals surface area contributed by atoms with E-state index in [-0.39, 0.29) is 6.61 Å². The molecule has 4 heteroatoms. The predicted octanol–water partition coefficient (Wildman–Crippen LogP) is 1.48. The van der Waals surface area contributed by atoms with Crippen LogP contribution in [0.3, 0.4) is 0 Å². The molecule has 62 valence electrons. The maximum absolute atomic E-state index is 8.80. The number of pyridine rings is 1. The van der Waals surface area contributed by atoms with E-state index in [9.17, 15) is 0 Å². The average Bonchev–Trinajstić information content (AvgIpc) is 2.46. The van der Waals surface area contributed by atoms with Crippen molar-refractivity contribution in [2.45, 2.75) is 6.61 Å². The average molecular weight is 183 g/mol. The first-order valence-corrected chi connectivity index (χ1v) is 3.91. The van der Waals surface area contributed by atoms with Crippen molar-refractivity contribution in [1.29, 1.82) is 0 Å². The number of nitrogens with zero attached hydrogens (tertiary/aromatic N) is 2. The lowest BCUT2D eigenvalue weighted by molar-refractivity contribution is 0.277. The number of hydrogen-bond donors (Lipinski definition) is 1. The highest BCUT2D eigenvalue weighted by molar-refractivity contribution is 6.30. The normalized spacial score (nSPS) is 10.8. The molecule has 0 amide bonds. The van der Waals surface area contributed by atoms with Crippen molar-refractivity contribution in [2.24, 2.45) is 0 Å². The lowest BCUT2D eigenvalue weighted by atomic mass is 10.5. The molecule has 2 rings (SSSR count). The van der Waals surface area contributed by atoms with E-state index in [1.807, 2.05) is 10.6 Å². The summed E-state index contributed by atoms with van der Waals surface area (Å²) < 4.78 is 1.82. The second-order valence-electron chi connectivity index (χ2n) is 2.50. The highest BCUT2D eigenvalue weighted by atomic mass is 35.5. The monoisotopic (exact) mass is 182 g/mol. The van der Waals surface area contributed by atoms with Crippen LogP contribution in [0.15, 0.2) is 24.5 Å². The molecule has 12 heavy (non-hydrogen) atoms. The Hall–Kier alpha value is -1.06. The van der Waals surface area contributed by atoms with Crippen molar-refractivity contribution in [1.82, 2.24) is 9.38 Å². The van der Waals surface area contributed by atoms with Crippen LogP contribution < -0.4 is 0 Å². The van der Waals surface area contributed by atoms with Gasteiger partial charge in [0.1, 0.15) is 5.65 Å². The van der Waals surface area contributed by atoms with Crippen LogP contribution in [0.2, 0.25) is 5.02 Å². The Bertz CT molecular complexity index is 410. The molecular weight excluding hydrogens is 176 g/mol. The number of fused-ring (bicyclic) bond motifs is 1. The van der Waals surface area contributed by atoms with Crippen LogP contribution in [-0.4, -0.2) is 14.5 Å². The van der Waals surface area contributed by atoms with Crippen LogP contribution >= 0.6 is 11.6 Å². The number of imidazole rings is 1. The summed E-state index contributed by atoms with van der Waals surface area (Å²) in [5.41, 5.74) is 1.41. The second-order valence-corrected chi connectivity index (χ2v) is 2.94. The molecule has 0 atom stereocenters. The van der Waals surface area contributed by atoms with Crippen LogP contribution in [0.25, 0.3) is 5.65 Å². The molecule has 3 nitrogen and oxygen atoms in total. The van der Waals surface area contributed by atoms with Crippen molar-refractivity contribution in [3.8, 4) is 0 Å². The van der Waals surface area contributed by atoms with Gasteiger partial charge in [0, 0.05) is 17.4 Å². The Kier molecular flexibility index (Phi) is 1.75. The third-order valence-corrected chi connectivity index (χ3v) is 1.87. The lowest BCUT2D eigenvalue weighted by Crippen LogP contribution is -1.79. The molecule has 0 aliphatic heterocycles. The summed E-state index contributed by atoms with van der Waals surface area (Å²) in [5.74, 6) is 0. The highest BCUT2D eigenvalue weighted by Crippen LogP contribution is 2.12. The van der Waals surface area contributed by atoms with Gasteiger partial charge in [-0.1, -0.05) is 11.6 Å². The zero-order chi connectivity index (χ0) is 8.55. The summed E-state index contributed by atoms with van der Waals surface area (Å²) in [5, 5.41) is 9.45. The van der Waals surface area contributed by atoms with Gasteiger partial charge in [-0.05, 0) is 12.1 Å². The first-order chi connectivity index (χ1) is 5.79. The van der Waals surface area contributed by atoms with E-state index >= 15 is 0 Å². The zero-order valence-corrected chi connectivity index (χ0v) is 6.99. The zero-order valence-electron chi connectivity index (χ0n) is 6.24. The molecule has 0 fully saturated rings. The van der Waals surface area contributed by atoms with E-state index in [0.29, 0.717) is 10.7 Å². The maximum atomic E-state index is 8.80. The molecule has 0 saturated heterocycles. The van der Waals surface area contributed by atoms with Crippen LogP contribution in [-0.2, 0) is 6.61 Å². The molecular formula is C8H7ClN2O. The summed E-state index contributed by atoms with van der Waals surface area (Å²) in [4.78, 5) is 4.12. The summed E-state index contributed by atoms with van der Waals surface area (Å²) >= 11 is 5.76. The lowest BCUT2D eigenvalue weighted by Gasteiger charge is -1.90. The summed E-state index contributed by atoms with van der Waals surface area (Å²) in [6.45, 7) is -0.0424. The predicted molar refractivity (Wildman–Crippen MR) is 46.1 cm³/mol. The van der Waals surface area contributed by atoms with E-state index in [0.717, 1.165) is 5.65 Å². The highest BCUT2D eigenvalue weighted by Gasteiger charge is 1.99. The van der Waals surface area contributed by atoms with Gasteiger partial charge < -0.3 is 9.51 Å². The van der Waals surface area contributed by atoms with Gasteiger partial charge in [-0.2, -0.15) is 0 Å². The molecule has 2 aromatic heterocycles. The Labute approximate surface area is 74.2 Å². The minimum atomic E-state index is -0.0424. The van der Waals surface area contributed by atoms with Crippen LogP contribution in [0, 0.1) is 0 Å². The van der Waals surface area contributed by atoms with Crippen molar-refractivity contribution >= 4 is 17.2 Å². The van der Waals surface area contributed by atoms with Gasteiger partial charge in [-0.25, -0.2) is 4.98 Å². The summed E-state index contributed by atoms with van der Waals surface area (Å²) in [7, 11) is 0. The van der Waals surface area contributed by atoms with Gasteiger partial charge in [0.25, 0.3) is 0 Å². The topological polar surface area (TPSA) is 37.5 Å². The van der Waals surface area contributed by atoms with E-state index in [2.05, 4.69) is 4.98 Å². The molecule has 0 saturated carbocycles. The largest absolute Gasteiger partial charge is 0.390 e. The molecule has 1 N–H and O–H groups in total. The molecule has 0 radical (unpaired) electrons. The van der Waals surface area contributed by atoms with Crippen molar-refractivity contribution in [3.63, 3.8) is 0 Å². The molecule has 0 bridgehead atoms. The SMILES string of the molecule is OCc1cn2ccc(Cl)cc2n1. The number of hydrogen-bond acceptors (Lipinski definition) is 2. The van der Waals surface area contributed by atoms with Gasteiger partial charge >= 0.3 is 0 Å². The van der Waals surface area contributed by atoms with E-state index < -0.39 is 0 Å². The summed E-state index contributed by atoms with van der Waals surface area (Å²) in [6, 6.07) is 3.53. The third-order valence-electron chi connectivity index (χ3n) is 1.63. The van der Waals surface area contributed by atoms with Crippen molar-refractivity contribution < 1.29 is 5.11 Å². The Morgan fingerprint density at radius 3 is 3.17 bits per heavy atom. The fraction of sp³-hybridized carbons (Fsp3) is 0.125. The fourth-order valence-corrected chi connectivity index (χ4v) is 1.24. The minimum absolute atomic E-state index is 0.0424. The quantitative estimate of drug-likeness (QED) is 0.726. The Morgan fingerprint density at radius 2 is 2.42 bits per heavy atom. The van der Waals surface area contributed by atoms with E-state index in [1.165, 1.54) is 0 Å². The maximum Gasteiger partial charge on any atom is 0.138 e. The molecule has 0 aliphatic carbocycles. The third kappa shape index (κ3) is 1.17. The summed E-state index contributed by atoms with van der Waals surface area (Å²) in [6.07, 6.45) is 3.58. The molecule has 0 aromatic carbocycles. The molecule has 2 heterocycles. The number of halogens is 1. The first-order valence-electron chi connectivity index (χ1n) is 3.53. The number of aliphatic hydroxyl groups is 1. The van der Waals surface area contributed by atoms with Gasteiger partial charge in [-0.15, -0.1) is 0 Å². The molecule has 0 spiro atoms. The molecule has 2 aromatic rings. The molecule has 0 aliphatic rings. The Balaban J connectivity index is 2.67. The minimum Gasteiger partial charge on any atom is -0.390 e. The van der Waals surface area contributed by atoms with Gasteiger partial charge in [0.05, 0.1) is 12.3 Å². The number of aromatic nitrogens is 2. The first kappa shape index (κ1) is 7.58. The van der Waals surface area contributed by atoms with Gasteiger partial charge in [0.2, 0.25) is 0 Å². The van der Waals surface area contributed by atoms with Gasteiger partial charge in [-0.3, -0.25) is 0 Å².